The zero-order chi connectivity index (χ0) is 23.2. The Kier molecular flexibility index (Phi) is 7.89. The van der Waals surface area contributed by atoms with E-state index in [-0.39, 0.29) is 12.1 Å². The summed E-state index contributed by atoms with van der Waals surface area (Å²) in [6, 6.07) is 7.93. The van der Waals surface area contributed by atoms with E-state index >= 15 is 0 Å². The second-order valence-electron chi connectivity index (χ2n) is 6.53. The Morgan fingerprint density at radius 3 is 2.58 bits per heavy atom. The van der Waals surface area contributed by atoms with Crippen molar-refractivity contribution < 1.29 is 31.9 Å². The van der Waals surface area contributed by atoms with Crippen LogP contribution in [-0.4, -0.2) is 40.1 Å². The van der Waals surface area contributed by atoms with Crippen LogP contribution in [0.15, 0.2) is 53.9 Å². The summed E-state index contributed by atoms with van der Waals surface area (Å²) in [6.45, 7) is 6.45. The number of halogens is 1. The van der Waals surface area contributed by atoms with Crippen LogP contribution in [0, 0.1) is 12.7 Å². The van der Waals surface area contributed by atoms with Crippen LogP contribution in [0.1, 0.15) is 22.8 Å². The van der Waals surface area contributed by atoms with Crippen molar-refractivity contribution in [3.8, 4) is 5.75 Å². The topological polar surface area (TPSA) is 111 Å². The average Bonchev–Trinajstić information content (AvgIpc) is 2.72. The average molecular weight is 450 g/mol. The van der Waals surface area contributed by atoms with Crippen LogP contribution in [0.2, 0.25) is 0 Å². The highest BCUT2D eigenvalue weighted by Gasteiger charge is 2.24. The molecule has 0 spiro atoms. The summed E-state index contributed by atoms with van der Waals surface area (Å²) in [4.78, 5) is 24.1. The third-order valence-corrected chi connectivity index (χ3v) is 5.58. The van der Waals surface area contributed by atoms with Crippen molar-refractivity contribution in [1.82, 2.24) is 4.72 Å². The fourth-order valence-corrected chi connectivity index (χ4v) is 3.62. The molecule has 0 bridgehead atoms. The summed E-state index contributed by atoms with van der Waals surface area (Å²) in [7, 11) is -2.75. The number of amides is 1. The van der Waals surface area contributed by atoms with Crippen LogP contribution in [0.25, 0.3) is 0 Å². The number of esters is 1. The van der Waals surface area contributed by atoms with Gasteiger partial charge in [0, 0.05) is 6.54 Å². The molecule has 0 fully saturated rings. The number of methoxy groups -OCH3 is 1. The first-order chi connectivity index (χ1) is 14.6. The summed E-state index contributed by atoms with van der Waals surface area (Å²) < 4.78 is 50.8. The van der Waals surface area contributed by atoms with Crippen LogP contribution in [0.4, 0.5) is 10.1 Å². The molecule has 1 unspecified atom stereocenters. The number of sulfonamides is 1. The van der Waals surface area contributed by atoms with Gasteiger partial charge in [0.25, 0.3) is 5.91 Å². The van der Waals surface area contributed by atoms with Gasteiger partial charge in [0.05, 0.1) is 18.4 Å². The molecule has 0 aliphatic rings. The molecule has 0 aromatic heterocycles. The molecular weight excluding hydrogens is 427 g/mol. The zero-order valence-electron chi connectivity index (χ0n) is 17.3. The SMILES string of the molecule is C=CCNS(=O)(=O)c1cc(C(=O)OC(C)C(=O)Nc2cc(C)ccc2OC)ccc1F. The van der Waals surface area contributed by atoms with Gasteiger partial charge in [-0.05, 0) is 49.7 Å². The largest absolute Gasteiger partial charge is 0.495 e. The van der Waals surface area contributed by atoms with Crippen molar-refractivity contribution in [2.24, 2.45) is 0 Å². The Morgan fingerprint density at radius 1 is 1.23 bits per heavy atom. The van der Waals surface area contributed by atoms with Crippen molar-refractivity contribution in [2.75, 3.05) is 19.0 Å². The number of carbonyl (C=O) groups is 2. The van der Waals surface area contributed by atoms with Crippen LogP contribution >= 0.6 is 0 Å². The maximum atomic E-state index is 14.0. The summed E-state index contributed by atoms with van der Waals surface area (Å²) in [6.07, 6.45) is 0.0681. The third-order valence-electron chi connectivity index (χ3n) is 4.14. The maximum absolute atomic E-state index is 14.0. The lowest BCUT2D eigenvalue weighted by molar-refractivity contribution is -0.123. The van der Waals surface area contributed by atoms with Gasteiger partial charge in [-0.15, -0.1) is 6.58 Å². The standard InChI is InChI=1S/C21H23FN2O6S/c1-5-10-23-31(27,28)19-12-15(7-8-16(19)22)21(26)30-14(3)20(25)24-17-11-13(2)6-9-18(17)29-4/h5-9,11-12,14,23H,1,10H2,2-4H3,(H,24,25). The first kappa shape index (κ1) is 24.0. The minimum atomic E-state index is -4.20. The quantitative estimate of drug-likeness (QED) is 0.449. The van der Waals surface area contributed by atoms with Gasteiger partial charge in [-0.1, -0.05) is 12.1 Å². The van der Waals surface area contributed by atoms with Gasteiger partial charge in [0.1, 0.15) is 16.5 Å². The predicted octanol–water partition coefficient (Wildman–Crippen LogP) is 2.79. The molecule has 0 heterocycles. The number of benzene rings is 2. The highest BCUT2D eigenvalue weighted by atomic mass is 32.2. The minimum absolute atomic E-state index is 0.115. The van der Waals surface area contributed by atoms with Crippen LogP contribution in [-0.2, 0) is 19.6 Å². The van der Waals surface area contributed by atoms with Crippen molar-refractivity contribution in [1.29, 1.82) is 0 Å². The lowest BCUT2D eigenvalue weighted by Crippen LogP contribution is -2.30. The fraction of sp³-hybridized carbons (Fsp3) is 0.238. The fourth-order valence-electron chi connectivity index (χ4n) is 2.52. The highest BCUT2D eigenvalue weighted by Crippen LogP contribution is 2.25. The molecule has 0 radical (unpaired) electrons. The van der Waals surface area contributed by atoms with E-state index in [2.05, 4.69) is 16.6 Å². The Bertz CT molecular complexity index is 1100. The number of carbonyl (C=O) groups excluding carboxylic acids is 2. The number of nitrogens with one attached hydrogen (secondary N) is 2. The first-order valence-electron chi connectivity index (χ1n) is 9.15. The molecule has 2 N–H and O–H groups in total. The van der Waals surface area contributed by atoms with Gasteiger partial charge in [-0.2, -0.15) is 0 Å². The van der Waals surface area contributed by atoms with E-state index in [9.17, 15) is 22.4 Å². The second-order valence-corrected chi connectivity index (χ2v) is 8.26. The number of rotatable bonds is 9. The highest BCUT2D eigenvalue weighted by molar-refractivity contribution is 7.89. The van der Waals surface area contributed by atoms with E-state index < -0.39 is 38.7 Å². The van der Waals surface area contributed by atoms with Gasteiger partial charge < -0.3 is 14.8 Å². The number of hydrogen-bond acceptors (Lipinski definition) is 6. The smallest absolute Gasteiger partial charge is 0.338 e. The predicted molar refractivity (Wildman–Crippen MR) is 113 cm³/mol. The molecule has 2 aromatic rings. The lowest BCUT2D eigenvalue weighted by atomic mass is 10.2. The van der Waals surface area contributed by atoms with Gasteiger partial charge >= 0.3 is 5.97 Å². The zero-order valence-corrected chi connectivity index (χ0v) is 18.1. The summed E-state index contributed by atoms with van der Waals surface area (Å²) in [5.41, 5.74) is 1.05. The summed E-state index contributed by atoms with van der Waals surface area (Å²) in [5, 5.41) is 2.61. The van der Waals surface area contributed by atoms with Gasteiger partial charge in [-0.3, -0.25) is 4.79 Å². The summed E-state index contributed by atoms with van der Waals surface area (Å²) >= 11 is 0. The van der Waals surface area contributed by atoms with Crippen molar-refractivity contribution in [2.45, 2.75) is 24.8 Å². The number of aryl methyl sites for hydroxylation is 1. The molecular formula is C21H23FN2O6S. The molecule has 0 saturated heterocycles. The molecule has 1 amide bonds. The third kappa shape index (κ3) is 6.12. The second kappa shape index (κ2) is 10.2. The number of anilines is 1. The molecule has 0 saturated carbocycles. The molecule has 2 aromatic carbocycles. The van der Waals surface area contributed by atoms with Crippen molar-refractivity contribution in [3.05, 3.63) is 66.0 Å². The Hall–Kier alpha value is -3.24. The van der Waals surface area contributed by atoms with Crippen molar-refractivity contribution >= 4 is 27.6 Å². The Labute approximate surface area is 180 Å². The van der Waals surface area contributed by atoms with E-state index in [1.54, 1.807) is 12.1 Å². The van der Waals surface area contributed by atoms with Crippen LogP contribution < -0.4 is 14.8 Å². The Morgan fingerprint density at radius 2 is 1.94 bits per heavy atom. The molecule has 2 rings (SSSR count). The number of hydrogen-bond donors (Lipinski definition) is 2. The minimum Gasteiger partial charge on any atom is -0.495 e. The molecule has 1 atom stereocenters. The lowest BCUT2D eigenvalue weighted by Gasteiger charge is -2.16. The first-order valence-corrected chi connectivity index (χ1v) is 10.6. The normalized spacial score (nSPS) is 12.0. The van der Waals surface area contributed by atoms with E-state index in [4.69, 9.17) is 9.47 Å². The number of ether oxygens (including phenoxy) is 2. The molecule has 8 nitrogen and oxygen atoms in total. The molecule has 10 heteroatoms. The maximum Gasteiger partial charge on any atom is 0.338 e. The molecule has 0 aliphatic carbocycles. The van der Waals surface area contributed by atoms with Crippen LogP contribution in [0.5, 0.6) is 5.75 Å². The van der Waals surface area contributed by atoms with Gasteiger partial charge in [0.2, 0.25) is 10.0 Å². The molecule has 166 valence electrons. The monoisotopic (exact) mass is 450 g/mol. The van der Waals surface area contributed by atoms with E-state index in [0.29, 0.717) is 11.4 Å². The van der Waals surface area contributed by atoms with Crippen LogP contribution in [0.3, 0.4) is 0 Å². The van der Waals surface area contributed by atoms with E-state index in [0.717, 1.165) is 23.8 Å². The van der Waals surface area contributed by atoms with Gasteiger partial charge in [0.15, 0.2) is 6.10 Å². The molecule has 31 heavy (non-hydrogen) atoms. The summed E-state index contributed by atoms with van der Waals surface area (Å²) in [5.74, 6) is -2.22. The van der Waals surface area contributed by atoms with Crippen molar-refractivity contribution in [3.63, 3.8) is 0 Å². The van der Waals surface area contributed by atoms with E-state index in [1.807, 2.05) is 13.0 Å². The Balaban J connectivity index is 2.16. The van der Waals surface area contributed by atoms with E-state index in [1.165, 1.54) is 20.1 Å². The molecule has 0 aliphatic heterocycles. The van der Waals surface area contributed by atoms with Gasteiger partial charge in [-0.25, -0.2) is 22.3 Å².